The summed E-state index contributed by atoms with van der Waals surface area (Å²) < 4.78 is 0. The highest BCUT2D eigenvalue weighted by Gasteiger charge is 2.20. The second-order valence-corrected chi connectivity index (χ2v) is 21.1. The number of carbonyl (C=O) groups excluding carboxylic acids is 1. The fraction of sp³-hybridized carbons (Fsp3) is 0.725. The van der Waals surface area contributed by atoms with Gasteiger partial charge in [-0.1, -0.05) is 322 Å². The van der Waals surface area contributed by atoms with Gasteiger partial charge in [0, 0.05) is 6.42 Å². The number of amides is 1. The van der Waals surface area contributed by atoms with Crippen LogP contribution in [0.2, 0.25) is 0 Å². The molecule has 420 valence electrons. The summed E-state index contributed by atoms with van der Waals surface area (Å²) in [7, 11) is 0. The van der Waals surface area contributed by atoms with Crippen LogP contribution in [-0.2, 0) is 4.79 Å². The van der Waals surface area contributed by atoms with Gasteiger partial charge in [0.2, 0.25) is 5.91 Å². The minimum atomic E-state index is -0.670. The summed E-state index contributed by atoms with van der Waals surface area (Å²) in [4.78, 5) is 12.5. The van der Waals surface area contributed by atoms with Crippen LogP contribution >= 0.6 is 0 Å². The van der Waals surface area contributed by atoms with Crippen LogP contribution < -0.4 is 5.32 Å². The summed E-state index contributed by atoms with van der Waals surface area (Å²) >= 11 is 0. The molecule has 0 aliphatic carbocycles. The van der Waals surface area contributed by atoms with Crippen LogP contribution in [0.4, 0.5) is 0 Å². The van der Waals surface area contributed by atoms with Gasteiger partial charge in [-0.3, -0.25) is 4.79 Å². The third kappa shape index (κ3) is 59.8. The molecule has 73 heavy (non-hydrogen) atoms. The number of aliphatic hydroxyl groups is 2. The first-order valence-electron chi connectivity index (χ1n) is 31.6. The fourth-order valence-corrected chi connectivity index (χ4v) is 9.30. The van der Waals surface area contributed by atoms with Crippen LogP contribution in [-0.4, -0.2) is 34.9 Å². The predicted octanol–water partition coefficient (Wildman–Crippen LogP) is 21.4. The number of allylic oxidation sites excluding steroid dienone is 18. The van der Waals surface area contributed by atoms with E-state index in [9.17, 15) is 15.0 Å². The second kappa shape index (κ2) is 63.3. The van der Waals surface area contributed by atoms with Crippen molar-refractivity contribution in [2.75, 3.05) is 6.61 Å². The van der Waals surface area contributed by atoms with E-state index in [-0.39, 0.29) is 12.5 Å². The molecule has 0 saturated heterocycles. The van der Waals surface area contributed by atoms with E-state index in [1.54, 1.807) is 0 Å². The van der Waals surface area contributed by atoms with Gasteiger partial charge in [-0.2, -0.15) is 0 Å². The first-order chi connectivity index (χ1) is 36.2. The summed E-state index contributed by atoms with van der Waals surface area (Å²) in [6, 6.07) is -0.548. The van der Waals surface area contributed by atoms with E-state index < -0.39 is 12.1 Å². The first kappa shape index (κ1) is 70.1. The Labute approximate surface area is 455 Å². The van der Waals surface area contributed by atoms with E-state index in [2.05, 4.69) is 129 Å². The highest BCUT2D eigenvalue weighted by molar-refractivity contribution is 5.76. The Hall–Kier alpha value is -2.95. The summed E-state index contributed by atoms with van der Waals surface area (Å²) in [6.45, 7) is 4.26. The zero-order valence-corrected chi connectivity index (χ0v) is 48.4. The Kier molecular flexibility index (Phi) is 60.8. The van der Waals surface area contributed by atoms with E-state index in [1.807, 2.05) is 0 Å². The third-order valence-corrected chi connectivity index (χ3v) is 14.0. The highest BCUT2D eigenvalue weighted by atomic mass is 16.3. The van der Waals surface area contributed by atoms with Crippen molar-refractivity contribution in [3.05, 3.63) is 109 Å². The number of hydrogen-bond acceptors (Lipinski definition) is 3. The Morgan fingerprint density at radius 1 is 0.342 bits per heavy atom. The summed E-state index contributed by atoms with van der Waals surface area (Å²) in [5.41, 5.74) is 0. The molecule has 1 amide bonds. The van der Waals surface area contributed by atoms with Gasteiger partial charge in [0.25, 0.3) is 0 Å². The maximum atomic E-state index is 12.5. The summed E-state index contributed by atoms with van der Waals surface area (Å²) in [5.74, 6) is -0.0386. The number of aliphatic hydroxyl groups excluding tert-OH is 2. The van der Waals surface area contributed by atoms with Crippen LogP contribution in [0.5, 0.6) is 0 Å². The van der Waals surface area contributed by atoms with Gasteiger partial charge in [-0.25, -0.2) is 0 Å². The SMILES string of the molecule is CC/C=C\C/C=C\C/C=C\C/C=C\C/C=C\C/C=C\C/C=C\C/C=C\C/C=C\CCCCCCCCCCCC(=O)NC(CO)C(O)CCCCCCCCCCCCCCCCCCCCCCCCCC. The molecule has 4 nitrogen and oxygen atoms in total. The maximum Gasteiger partial charge on any atom is 0.220 e. The quantitative estimate of drug-likeness (QED) is 0.0420. The smallest absolute Gasteiger partial charge is 0.220 e. The molecule has 3 N–H and O–H groups in total. The van der Waals surface area contributed by atoms with Gasteiger partial charge in [-0.05, 0) is 83.5 Å². The Balaban J connectivity index is 3.55. The zero-order valence-electron chi connectivity index (χ0n) is 48.4. The molecule has 0 radical (unpaired) electrons. The molecule has 0 aromatic heterocycles. The molecule has 0 fully saturated rings. The minimum absolute atomic E-state index is 0.0386. The minimum Gasteiger partial charge on any atom is -0.394 e. The molecule has 2 unspecified atom stereocenters. The van der Waals surface area contributed by atoms with Crippen molar-refractivity contribution in [1.82, 2.24) is 5.32 Å². The van der Waals surface area contributed by atoms with Crippen LogP contribution in [0.1, 0.15) is 303 Å². The molecule has 4 heteroatoms. The number of hydrogen-bond donors (Lipinski definition) is 3. The topological polar surface area (TPSA) is 69.6 Å². The summed E-state index contributed by atoms with van der Waals surface area (Å²) in [6.07, 6.45) is 95.2. The molecule has 0 bridgehead atoms. The molecule has 0 aliphatic heterocycles. The number of unbranched alkanes of at least 4 members (excludes halogenated alkanes) is 32. The molecule has 0 aliphatic rings. The van der Waals surface area contributed by atoms with Crippen LogP contribution in [0.15, 0.2) is 109 Å². The van der Waals surface area contributed by atoms with Crippen molar-refractivity contribution < 1.29 is 15.0 Å². The molecule has 0 rings (SSSR count). The normalized spacial score (nSPS) is 13.5. The van der Waals surface area contributed by atoms with Crippen LogP contribution in [0.25, 0.3) is 0 Å². The van der Waals surface area contributed by atoms with Gasteiger partial charge in [0.05, 0.1) is 18.8 Å². The van der Waals surface area contributed by atoms with Crippen molar-refractivity contribution in [2.45, 2.75) is 315 Å². The van der Waals surface area contributed by atoms with Crippen molar-refractivity contribution in [2.24, 2.45) is 0 Å². The van der Waals surface area contributed by atoms with E-state index in [4.69, 9.17) is 0 Å². The molecular weight excluding hydrogens is 891 g/mol. The Morgan fingerprint density at radius 3 is 0.904 bits per heavy atom. The lowest BCUT2D eigenvalue weighted by Crippen LogP contribution is -2.45. The molecule has 2 atom stereocenters. The zero-order chi connectivity index (χ0) is 52.7. The van der Waals surface area contributed by atoms with Crippen molar-refractivity contribution >= 4 is 5.91 Å². The molecule has 0 heterocycles. The maximum absolute atomic E-state index is 12.5. The fourth-order valence-electron chi connectivity index (χ4n) is 9.30. The Morgan fingerprint density at radius 2 is 0.603 bits per heavy atom. The lowest BCUT2D eigenvalue weighted by Gasteiger charge is -2.22. The van der Waals surface area contributed by atoms with Crippen LogP contribution in [0, 0.1) is 0 Å². The van der Waals surface area contributed by atoms with Gasteiger partial charge < -0.3 is 15.5 Å². The van der Waals surface area contributed by atoms with Crippen molar-refractivity contribution in [3.8, 4) is 0 Å². The summed E-state index contributed by atoms with van der Waals surface area (Å²) in [5, 5.41) is 23.4. The molecule has 0 spiro atoms. The van der Waals surface area contributed by atoms with E-state index in [1.165, 1.54) is 193 Å². The molecular formula is C69H121NO3. The van der Waals surface area contributed by atoms with E-state index in [0.717, 1.165) is 83.5 Å². The first-order valence-corrected chi connectivity index (χ1v) is 31.6. The highest BCUT2D eigenvalue weighted by Crippen LogP contribution is 2.17. The largest absolute Gasteiger partial charge is 0.394 e. The lowest BCUT2D eigenvalue weighted by atomic mass is 10.0. The average molecular weight is 1010 g/mol. The number of rotatable bonds is 57. The lowest BCUT2D eigenvalue weighted by molar-refractivity contribution is -0.123. The van der Waals surface area contributed by atoms with E-state index >= 15 is 0 Å². The van der Waals surface area contributed by atoms with Gasteiger partial charge in [0.15, 0.2) is 0 Å². The standard InChI is InChI=1S/C69H121NO3/c1-3-5-7-9-11-13-15-17-19-21-23-25-27-29-30-31-32-33-34-35-36-37-38-39-40-41-43-45-47-49-51-53-55-57-59-61-63-65-69(73)70-67(66-71)68(72)64-62-60-58-56-54-52-50-48-46-44-42-28-26-24-22-20-18-16-14-12-10-8-6-4-2/h5,7,11,13,17,19,23,25,29-30,32-33,35-36,38-39,41,43,67-68,71-72H,3-4,6,8-10,12,14-16,18,20-22,24,26-28,31,34,37,40,42,44-66H2,1-2H3,(H,70,73)/b7-5-,13-11-,19-17-,25-23-,30-29-,33-32-,36-35-,39-38-,43-41-. The van der Waals surface area contributed by atoms with E-state index in [0.29, 0.717) is 12.8 Å². The van der Waals surface area contributed by atoms with Gasteiger partial charge in [0.1, 0.15) is 0 Å². The second-order valence-electron chi connectivity index (χ2n) is 21.1. The molecule has 0 aromatic carbocycles. The van der Waals surface area contributed by atoms with Crippen molar-refractivity contribution in [3.63, 3.8) is 0 Å². The van der Waals surface area contributed by atoms with Gasteiger partial charge >= 0.3 is 0 Å². The Bertz CT molecular complexity index is 1380. The monoisotopic (exact) mass is 1010 g/mol. The average Bonchev–Trinajstić information content (AvgIpc) is 3.40. The molecule has 0 aromatic rings. The van der Waals surface area contributed by atoms with Gasteiger partial charge in [-0.15, -0.1) is 0 Å². The number of carbonyl (C=O) groups is 1. The van der Waals surface area contributed by atoms with Crippen LogP contribution in [0.3, 0.4) is 0 Å². The molecule has 0 saturated carbocycles. The predicted molar refractivity (Wildman–Crippen MR) is 326 cm³/mol. The third-order valence-electron chi connectivity index (χ3n) is 14.0. The van der Waals surface area contributed by atoms with Crippen molar-refractivity contribution in [1.29, 1.82) is 0 Å². The number of nitrogens with one attached hydrogen (secondary N) is 1.